The summed E-state index contributed by atoms with van der Waals surface area (Å²) in [6, 6.07) is 26.9. The van der Waals surface area contributed by atoms with Crippen LogP contribution in [0.2, 0.25) is 0 Å². The van der Waals surface area contributed by atoms with Gasteiger partial charge in [-0.1, -0.05) is 24.3 Å². The summed E-state index contributed by atoms with van der Waals surface area (Å²) in [5.41, 5.74) is 15.7. The van der Waals surface area contributed by atoms with Crippen molar-refractivity contribution in [1.29, 1.82) is 0 Å². The number of benzene rings is 2. The zero-order chi connectivity index (χ0) is 28.1. The number of anilines is 1. The van der Waals surface area contributed by atoms with Crippen LogP contribution in [0.25, 0.3) is 55.8 Å². The maximum absolute atomic E-state index is 11.1. The smallest absolute Gasteiger partial charge is 0.186 e. The Morgan fingerprint density at radius 3 is 2.05 bits per heavy atom. The fraction of sp³-hybridized carbons (Fsp3) is 0.0909. The van der Waals surface area contributed by atoms with Crippen LogP contribution in [0, 0.1) is 0 Å². The molecule has 3 aromatic heterocycles. The summed E-state index contributed by atoms with van der Waals surface area (Å²) in [6.45, 7) is 0. The fourth-order valence-electron chi connectivity index (χ4n) is 5.47. The van der Waals surface area contributed by atoms with Crippen LogP contribution in [0.5, 0.6) is 5.75 Å². The average molecular weight is 542 g/mol. The summed E-state index contributed by atoms with van der Waals surface area (Å²) in [4.78, 5) is 16.7. The van der Waals surface area contributed by atoms with Gasteiger partial charge in [0.15, 0.2) is 11.5 Å². The zero-order valence-corrected chi connectivity index (χ0v) is 22.3. The molecule has 0 amide bonds. The van der Waals surface area contributed by atoms with Gasteiger partial charge in [0.05, 0.1) is 12.8 Å². The molecule has 5 aromatic rings. The molecule has 0 saturated carbocycles. The van der Waals surface area contributed by atoms with Gasteiger partial charge in [0.1, 0.15) is 17.1 Å². The minimum Gasteiger partial charge on any atom is -0.503 e. The third kappa shape index (κ3) is 4.35. The summed E-state index contributed by atoms with van der Waals surface area (Å²) in [7, 11) is 1.65. The third-order valence-electron chi connectivity index (χ3n) is 7.49. The van der Waals surface area contributed by atoms with Crippen molar-refractivity contribution in [3.05, 3.63) is 108 Å². The van der Waals surface area contributed by atoms with Gasteiger partial charge in [-0.25, -0.2) is 4.98 Å². The first-order chi connectivity index (χ1) is 20.0. The summed E-state index contributed by atoms with van der Waals surface area (Å²) in [5, 5.41) is 22.0. The number of nitrogen functional groups attached to an aromatic ring is 1. The van der Waals surface area contributed by atoms with Crippen molar-refractivity contribution in [3.63, 3.8) is 0 Å². The second kappa shape index (κ2) is 9.60. The highest BCUT2D eigenvalue weighted by molar-refractivity contribution is 5.96. The molecule has 0 fully saturated rings. The van der Waals surface area contributed by atoms with E-state index in [0.29, 0.717) is 11.3 Å². The first kappa shape index (κ1) is 24.5. The van der Waals surface area contributed by atoms with Crippen molar-refractivity contribution < 1.29 is 14.9 Å². The predicted octanol–water partition coefficient (Wildman–Crippen LogP) is 6.97. The van der Waals surface area contributed by atoms with Gasteiger partial charge in [-0.05, 0) is 84.6 Å². The number of nitrogens with one attached hydrogen (secondary N) is 2. The molecule has 2 aliphatic heterocycles. The molecule has 41 heavy (non-hydrogen) atoms. The Labute approximate surface area is 235 Å². The summed E-state index contributed by atoms with van der Waals surface area (Å²) in [5.74, 6) is 0.206. The number of methoxy groups -OCH3 is 1. The molecule has 0 aliphatic carbocycles. The molecule has 8 bridgehead atoms. The van der Waals surface area contributed by atoms with Crippen LogP contribution in [0.4, 0.5) is 5.69 Å². The van der Waals surface area contributed by atoms with Gasteiger partial charge in [-0.2, -0.15) is 0 Å². The van der Waals surface area contributed by atoms with E-state index in [-0.39, 0.29) is 22.9 Å². The van der Waals surface area contributed by atoms with Crippen molar-refractivity contribution in [2.24, 2.45) is 0 Å². The van der Waals surface area contributed by atoms with Crippen LogP contribution in [0.1, 0.15) is 22.8 Å². The minimum absolute atomic E-state index is 0.254. The van der Waals surface area contributed by atoms with Crippen molar-refractivity contribution >= 4 is 39.3 Å². The molecule has 2 aromatic carbocycles. The Balaban J connectivity index is 1.57. The van der Waals surface area contributed by atoms with Gasteiger partial charge in [-0.15, -0.1) is 0 Å². The lowest BCUT2D eigenvalue weighted by molar-refractivity contribution is 0.415. The number of aromatic nitrogens is 4. The fourth-order valence-corrected chi connectivity index (χ4v) is 5.47. The number of nitrogens with two attached hydrogens (primary N) is 1. The molecule has 6 N–H and O–H groups in total. The number of aryl methyl sites for hydroxylation is 2. The summed E-state index contributed by atoms with van der Waals surface area (Å²) in [6.07, 6.45) is 1.60. The average Bonchev–Trinajstić information content (AvgIpc) is 3.79. The van der Waals surface area contributed by atoms with E-state index in [1.165, 1.54) is 0 Å². The molecule has 0 atom stereocenters. The van der Waals surface area contributed by atoms with E-state index in [2.05, 4.69) is 9.97 Å². The first-order valence-electron chi connectivity index (χ1n) is 13.3. The second-order valence-corrected chi connectivity index (χ2v) is 10.1. The molecule has 2 aliphatic rings. The predicted molar refractivity (Wildman–Crippen MR) is 162 cm³/mol. The van der Waals surface area contributed by atoms with Gasteiger partial charge in [0.2, 0.25) is 0 Å². The van der Waals surface area contributed by atoms with Crippen LogP contribution in [-0.4, -0.2) is 37.3 Å². The number of aliphatic hydroxyl groups excluding tert-OH is 2. The van der Waals surface area contributed by atoms with E-state index in [0.717, 1.165) is 68.7 Å². The number of hydrogen-bond acceptors (Lipinski definition) is 6. The normalized spacial score (nSPS) is 13.0. The maximum Gasteiger partial charge on any atom is 0.186 e. The zero-order valence-electron chi connectivity index (χ0n) is 22.3. The number of aromatic amines is 2. The topological polar surface area (TPSA) is 133 Å². The molecular formula is C33H27N5O3. The van der Waals surface area contributed by atoms with E-state index in [4.69, 9.17) is 20.4 Å². The highest BCUT2D eigenvalue weighted by Gasteiger charge is 2.24. The molecule has 5 heterocycles. The van der Waals surface area contributed by atoms with Crippen LogP contribution in [-0.2, 0) is 12.8 Å². The lowest BCUT2D eigenvalue weighted by Crippen LogP contribution is -1.90. The number of fused-ring (bicyclic) bond motifs is 8. The van der Waals surface area contributed by atoms with Crippen LogP contribution in [0.15, 0.2) is 84.9 Å². The SMILES string of the molecule is COc1ccc(-c2c3nc(cc4ccc([nH]4)c(-c4ccc(N)cc4)c4nc(cc5ccc2[nH]5)C(O)=C4O)CC3)cc1. The largest absolute Gasteiger partial charge is 0.503 e. The van der Waals surface area contributed by atoms with E-state index in [1.807, 2.05) is 66.7 Å². The third-order valence-corrected chi connectivity index (χ3v) is 7.49. The number of rotatable bonds is 3. The van der Waals surface area contributed by atoms with Gasteiger partial charge >= 0.3 is 0 Å². The van der Waals surface area contributed by atoms with Gasteiger partial charge in [0, 0.05) is 44.6 Å². The molecule has 7 rings (SSSR count). The highest BCUT2D eigenvalue weighted by atomic mass is 16.5. The van der Waals surface area contributed by atoms with E-state index >= 15 is 0 Å². The van der Waals surface area contributed by atoms with E-state index < -0.39 is 0 Å². The lowest BCUT2D eigenvalue weighted by Gasteiger charge is -2.06. The Kier molecular flexibility index (Phi) is 5.75. The molecule has 202 valence electrons. The van der Waals surface area contributed by atoms with Crippen molar-refractivity contribution in [2.75, 3.05) is 12.8 Å². The van der Waals surface area contributed by atoms with Crippen LogP contribution < -0.4 is 10.5 Å². The Morgan fingerprint density at radius 2 is 1.34 bits per heavy atom. The Bertz CT molecular complexity index is 2000. The molecule has 0 unspecified atom stereocenters. The van der Waals surface area contributed by atoms with Crippen LogP contribution in [0.3, 0.4) is 0 Å². The number of ether oxygens (including phenoxy) is 1. The molecule has 0 spiro atoms. The Hall–Kier alpha value is -5.50. The van der Waals surface area contributed by atoms with E-state index in [9.17, 15) is 10.2 Å². The van der Waals surface area contributed by atoms with Crippen molar-refractivity contribution in [3.8, 4) is 28.0 Å². The van der Waals surface area contributed by atoms with Gasteiger partial charge in [0.25, 0.3) is 0 Å². The summed E-state index contributed by atoms with van der Waals surface area (Å²) < 4.78 is 5.37. The first-order valence-corrected chi connectivity index (χ1v) is 13.3. The second-order valence-electron chi connectivity index (χ2n) is 10.1. The quantitative estimate of drug-likeness (QED) is 0.157. The summed E-state index contributed by atoms with van der Waals surface area (Å²) >= 11 is 0. The monoisotopic (exact) mass is 541 g/mol. The van der Waals surface area contributed by atoms with Crippen molar-refractivity contribution in [2.45, 2.75) is 12.8 Å². The molecule has 8 nitrogen and oxygen atoms in total. The molecule has 8 heteroatoms. The van der Waals surface area contributed by atoms with Gasteiger partial charge in [-0.3, -0.25) is 4.98 Å². The van der Waals surface area contributed by atoms with E-state index in [1.54, 1.807) is 25.3 Å². The maximum atomic E-state index is 11.1. The minimum atomic E-state index is -0.288. The number of H-pyrrole nitrogens is 2. The number of hydrogen-bond donors (Lipinski definition) is 5. The van der Waals surface area contributed by atoms with Crippen molar-refractivity contribution in [1.82, 2.24) is 19.9 Å². The molecule has 0 saturated heterocycles. The molecular weight excluding hydrogens is 514 g/mol. The lowest BCUT2D eigenvalue weighted by atomic mass is 10.0. The molecule has 0 radical (unpaired) electrons. The standard InChI is InChI=1S/C33H27N5O3/c1-41-24-11-4-18(5-12-24)29-25-13-8-21(35-25)16-22-9-15-27(36-22)30(19-2-6-20(34)7-3-19)31-33(40)32(39)28(38-31)17-23-10-14-26(29)37-23/h2-7,9-12,14-17,36-37,39-40H,8,13,34H2,1H3. The highest BCUT2D eigenvalue weighted by Crippen LogP contribution is 2.36. The van der Waals surface area contributed by atoms with Gasteiger partial charge < -0.3 is 30.7 Å². The number of aliphatic hydroxyl groups is 2. The Morgan fingerprint density at radius 1 is 0.707 bits per heavy atom. The van der Waals surface area contributed by atoms with Crippen LogP contribution >= 0.6 is 0 Å². The number of nitrogens with zero attached hydrogens (tertiary/aromatic N) is 2.